The first-order valence-electron chi connectivity index (χ1n) is 9.21. The van der Waals surface area contributed by atoms with Gasteiger partial charge in [-0.25, -0.2) is 8.78 Å². The van der Waals surface area contributed by atoms with Crippen LogP contribution in [0.1, 0.15) is 29.6 Å². The zero-order valence-corrected chi connectivity index (χ0v) is 15.3. The Bertz CT molecular complexity index is 765. The predicted octanol–water partition coefficient (Wildman–Crippen LogP) is 1.52. The lowest BCUT2D eigenvalue weighted by Gasteiger charge is -2.37. The number of likely N-dealkylation sites (tertiary alicyclic amines) is 1. The fourth-order valence-electron chi connectivity index (χ4n) is 3.66. The van der Waals surface area contributed by atoms with Crippen LogP contribution in [0.3, 0.4) is 0 Å². The van der Waals surface area contributed by atoms with Crippen LogP contribution >= 0.6 is 0 Å². The summed E-state index contributed by atoms with van der Waals surface area (Å²) < 4.78 is 32.2. The van der Waals surface area contributed by atoms with E-state index in [4.69, 9.17) is 9.84 Å². The quantitative estimate of drug-likeness (QED) is 0.834. The number of nitrogens with zero attached hydrogens (tertiary/aromatic N) is 2. The molecule has 0 saturated carbocycles. The number of morpholine rings is 1. The molecule has 3 rings (SSSR count). The molecule has 7 nitrogen and oxygen atoms in total. The third-order valence-electron chi connectivity index (χ3n) is 5.15. The minimum atomic E-state index is -0.973. The SMILES string of the molecule is O=C(O)CC1CN(C(=O)C2CCN(C(=O)c3ccc(F)cc3F)CC2)CCO1. The standard InChI is InChI=1S/C19H22F2N2O5/c20-13-1-2-15(16(21)9-13)19(27)22-5-3-12(4-6-22)18(26)23-7-8-28-14(11-23)10-17(24)25/h1-2,9,12,14H,3-8,10-11H2,(H,24,25). The number of halogens is 2. The van der Waals surface area contributed by atoms with Gasteiger partial charge in [-0.2, -0.15) is 0 Å². The van der Waals surface area contributed by atoms with Crippen LogP contribution in [0.5, 0.6) is 0 Å². The topological polar surface area (TPSA) is 87.2 Å². The van der Waals surface area contributed by atoms with Gasteiger partial charge < -0.3 is 19.6 Å². The molecular formula is C19H22F2N2O5. The summed E-state index contributed by atoms with van der Waals surface area (Å²) >= 11 is 0. The third kappa shape index (κ3) is 4.64. The molecule has 0 bridgehead atoms. The minimum absolute atomic E-state index is 0.0706. The highest BCUT2D eigenvalue weighted by Crippen LogP contribution is 2.23. The molecule has 1 atom stereocenters. The number of carboxylic acid groups (broad SMARTS) is 1. The lowest BCUT2D eigenvalue weighted by molar-refractivity contribution is -0.150. The van der Waals surface area contributed by atoms with Crippen LogP contribution in [0.15, 0.2) is 18.2 Å². The highest BCUT2D eigenvalue weighted by atomic mass is 19.1. The van der Waals surface area contributed by atoms with Crippen molar-refractivity contribution in [3.05, 3.63) is 35.4 Å². The summed E-state index contributed by atoms with van der Waals surface area (Å²) in [6.45, 7) is 1.55. The monoisotopic (exact) mass is 396 g/mol. The largest absolute Gasteiger partial charge is 0.481 e. The first-order valence-corrected chi connectivity index (χ1v) is 9.21. The van der Waals surface area contributed by atoms with Gasteiger partial charge in [0, 0.05) is 38.2 Å². The molecule has 28 heavy (non-hydrogen) atoms. The van der Waals surface area contributed by atoms with Gasteiger partial charge in [0.1, 0.15) is 11.6 Å². The summed E-state index contributed by atoms with van der Waals surface area (Å²) in [6.07, 6.45) is 0.209. The van der Waals surface area contributed by atoms with Gasteiger partial charge in [0.2, 0.25) is 5.91 Å². The molecule has 2 saturated heterocycles. The van der Waals surface area contributed by atoms with Gasteiger partial charge in [-0.05, 0) is 25.0 Å². The zero-order valence-electron chi connectivity index (χ0n) is 15.3. The Balaban J connectivity index is 1.55. The van der Waals surface area contributed by atoms with Gasteiger partial charge in [-0.1, -0.05) is 0 Å². The van der Waals surface area contributed by atoms with Crippen molar-refractivity contribution in [2.24, 2.45) is 5.92 Å². The molecule has 2 heterocycles. The molecule has 0 aliphatic carbocycles. The zero-order chi connectivity index (χ0) is 20.3. The number of benzene rings is 1. The van der Waals surface area contributed by atoms with Crippen LogP contribution in [0, 0.1) is 17.6 Å². The Morgan fingerprint density at radius 3 is 2.46 bits per heavy atom. The van der Waals surface area contributed by atoms with Crippen LogP contribution in [0.4, 0.5) is 8.78 Å². The summed E-state index contributed by atoms with van der Waals surface area (Å²) in [5, 5.41) is 8.88. The number of piperidine rings is 1. The van der Waals surface area contributed by atoms with E-state index in [2.05, 4.69) is 0 Å². The number of aliphatic carboxylic acids is 1. The molecule has 0 radical (unpaired) electrons. The van der Waals surface area contributed by atoms with Gasteiger partial charge >= 0.3 is 5.97 Å². The maximum absolute atomic E-state index is 13.8. The molecule has 2 aliphatic heterocycles. The van der Waals surface area contributed by atoms with Gasteiger partial charge in [0.05, 0.1) is 24.7 Å². The number of rotatable bonds is 4. The average molecular weight is 396 g/mol. The first-order chi connectivity index (χ1) is 13.3. The van der Waals surface area contributed by atoms with Crippen LogP contribution in [0.25, 0.3) is 0 Å². The van der Waals surface area contributed by atoms with Crippen molar-refractivity contribution < 1.29 is 33.0 Å². The highest BCUT2D eigenvalue weighted by Gasteiger charge is 2.33. The van der Waals surface area contributed by atoms with E-state index < -0.39 is 29.6 Å². The number of carbonyl (C=O) groups is 3. The fraction of sp³-hybridized carbons (Fsp3) is 0.526. The molecule has 9 heteroatoms. The van der Waals surface area contributed by atoms with E-state index in [1.54, 1.807) is 4.90 Å². The Morgan fingerprint density at radius 1 is 1.11 bits per heavy atom. The molecule has 2 amide bonds. The molecule has 1 aromatic carbocycles. The second-order valence-electron chi connectivity index (χ2n) is 7.07. The number of hydrogen-bond acceptors (Lipinski definition) is 4. The summed E-state index contributed by atoms with van der Waals surface area (Å²) in [6, 6.07) is 2.84. The predicted molar refractivity (Wildman–Crippen MR) is 93.6 cm³/mol. The van der Waals surface area contributed by atoms with E-state index in [0.29, 0.717) is 45.1 Å². The van der Waals surface area contributed by atoms with E-state index in [9.17, 15) is 23.2 Å². The second-order valence-corrected chi connectivity index (χ2v) is 7.07. The Morgan fingerprint density at radius 2 is 1.82 bits per heavy atom. The number of carboxylic acids is 1. The molecular weight excluding hydrogens is 374 g/mol. The normalized spacial score (nSPS) is 20.9. The number of carbonyl (C=O) groups excluding carboxylic acids is 2. The molecule has 152 valence electrons. The van der Waals surface area contributed by atoms with Crippen molar-refractivity contribution in [3.8, 4) is 0 Å². The Labute approximate surface area is 160 Å². The molecule has 1 unspecified atom stereocenters. The molecule has 1 N–H and O–H groups in total. The summed E-state index contributed by atoms with van der Waals surface area (Å²) in [4.78, 5) is 39.1. The minimum Gasteiger partial charge on any atom is -0.481 e. The van der Waals surface area contributed by atoms with E-state index in [0.717, 1.165) is 12.1 Å². The van der Waals surface area contributed by atoms with Crippen molar-refractivity contribution in [2.75, 3.05) is 32.8 Å². The van der Waals surface area contributed by atoms with Crippen molar-refractivity contribution in [2.45, 2.75) is 25.4 Å². The maximum atomic E-state index is 13.8. The first kappa shape index (κ1) is 20.2. The number of amides is 2. The third-order valence-corrected chi connectivity index (χ3v) is 5.15. The smallest absolute Gasteiger partial charge is 0.306 e. The van der Waals surface area contributed by atoms with Crippen molar-refractivity contribution in [1.29, 1.82) is 0 Å². The van der Waals surface area contributed by atoms with E-state index in [1.807, 2.05) is 0 Å². The maximum Gasteiger partial charge on any atom is 0.306 e. The van der Waals surface area contributed by atoms with Crippen LogP contribution in [-0.2, 0) is 14.3 Å². The van der Waals surface area contributed by atoms with E-state index in [1.165, 1.54) is 4.90 Å². The van der Waals surface area contributed by atoms with Gasteiger partial charge in [0.25, 0.3) is 5.91 Å². The lowest BCUT2D eigenvalue weighted by Crippen LogP contribution is -2.50. The summed E-state index contributed by atoms with van der Waals surface area (Å²) in [5.41, 5.74) is -0.184. The highest BCUT2D eigenvalue weighted by molar-refractivity contribution is 5.94. The van der Waals surface area contributed by atoms with Crippen molar-refractivity contribution in [3.63, 3.8) is 0 Å². The van der Waals surface area contributed by atoms with Gasteiger partial charge in [0.15, 0.2) is 0 Å². The van der Waals surface area contributed by atoms with Crippen molar-refractivity contribution in [1.82, 2.24) is 9.80 Å². The van der Waals surface area contributed by atoms with Crippen LogP contribution in [-0.4, -0.2) is 71.6 Å². The number of hydrogen-bond donors (Lipinski definition) is 1. The molecule has 1 aromatic rings. The van der Waals surface area contributed by atoms with Crippen LogP contribution in [0.2, 0.25) is 0 Å². The summed E-state index contributed by atoms with van der Waals surface area (Å²) in [7, 11) is 0. The Hall–Kier alpha value is -2.55. The Kier molecular flexibility index (Phi) is 6.23. The molecule has 0 aromatic heterocycles. The van der Waals surface area contributed by atoms with E-state index >= 15 is 0 Å². The van der Waals surface area contributed by atoms with Gasteiger partial charge in [-0.3, -0.25) is 14.4 Å². The summed E-state index contributed by atoms with van der Waals surface area (Å²) in [5.74, 6) is -3.48. The van der Waals surface area contributed by atoms with E-state index in [-0.39, 0.29) is 30.4 Å². The fourth-order valence-corrected chi connectivity index (χ4v) is 3.66. The average Bonchev–Trinajstić information content (AvgIpc) is 2.67. The molecule has 2 fully saturated rings. The van der Waals surface area contributed by atoms with Crippen molar-refractivity contribution >= 4 is 17.8 Å². The number of ether oxygens (including phenoxy) is 1. The van der Waals surface area contributed by atoms with Crippen LogP contribution < -0.4 is 0 Å². The molecule has 2 aliphatic rings. The second kappa shape index (κ2) is 8.64. The molecule has 0 spiro atoms. The van der Waals surface area contributed by atoms with Gasteiger partial charge in [-0.15, -0.1) is 0 Å². The lowest BCUT2D eigenvalue weighted by atomic mass is 9.94.